The first-order valence-corrected chi connectivity index (χ1v) is 7.23. The highest BCUT2D eigenvalue weighted by molar-refractivity contribution is 5.34. The molecular weight excluding hydrogens is 222 g/mol. The molecule has 1 aromatic carbocycles. The molecule has 2 atom stereocenters. The molecule has 0 aliphatic rings. The van der Waals surface area contributed by atoms with E-state index in [1.165, 1.54) is 25.7 Å². The Hall–Kier alpha value is -1.02. The zero-order valence-electron chi connectivity index (χ0n) is 11.9. The van der Waals surface area contributed by atoms with Crippen molar-refractivity contribution in [2.24, 2.45) is 0 Å². The fraction of sp³-hybridized carbons (Fsp3) is 0.625. The summed E-state index contributed by atoms with van der Waals surface area (Å²) in [5.74, 6) is 0.401. The SMILES string of the molecule is CCCCCC(C)NC(CC)c1ccccc1O. The molecule has 0 aliphatic carbocycles. The zero-order valence-corrected chi connectivity index (χ0v) is 11.9. The van der Waals surface area contributed by atoms with Gasteiger partial charge in [-0.15, -0.1) is 0 Å². The Morgan fingerprint density at radius 1 is 1.17 bits per heavy atom. The van der Waals surface area contributed by atoms with Gasteiger partial charge in [0.2, 0.25) is 0 Å². The minimum atomic E-state index is 0.253. The molecule has 0 heterocycles. The van der Waals surface area contributed by atoms with Gasteiger partial charge in [-0.2, -0.15) is 0 Å². The van der Waals surface area contributed by atoms with Gasteiger partial charge in [0.05, 0.1) is 0 Å². The van der Waals surface area contributed by atoms with Gasteiger partial charge in [0.25, 0.3) is 0 Å². The van der Waals surface area contributed by atoms with Gasteiger partial charge in [0.1, 0.15) is 5.75 Å². The number of rotatable bonds is 8. The van der Waals surface area contributed by atoms with Gasteiger partial charge in [0.15, 0.2) is 0 Å². The number of unbranched alkanes of at least 4 members (excludes halogenated alkanes) is 2. The van der Waals surface area contributed by atoms with Crippen LogP contribution in [0.25, 0.3) is 0 Å². The Morgan fingerprint density at radius 3 is 2.50 bits per heavy atom. The molecule has 1 rings (SSSR count). The molecule has 0 aliphatic heterocycles. The monoisotopic (exact) mass is 249 g/mol. The largest absolute Gasteiger partial charge is 0.508 e. The van der Waals surface area contributed by atoms with Crippen molar-refractivity contribution in [3.05, 3.63) is 29.8 Å². The van der Waals surface area contributed by atoms with E-state index in [0.717, 1.165) is 12.0 Å². The number of aromatic hydroxyl groups is 1. The van der Waals surface area contributed by atoms with Gasteiger partial charge < -0.3 is 10.4 Å². The number of phenols is 1. The number of hydrogen-bond acceptors (Lipinski definition) is 2. The van der Waals surface area contributed by atoms with E-state index in [0.29, 0.717) is 11.8 Å². The first-order chi connectivity index (χ1) is 8.69. The van der Waals surface area contributed by atoms with Crippen molar-refractivity contribution in [2.75, 3.05) is 0 Å². The van der Waals surface area contributed by atoms with Crippen LogP contribution < -0.4 is 5.32 Å². The lowest BCUT2D eigenvalue weighted by atomic mass is 10.0. The summed E-state index contributed by atoms with van der Waals surface area (Å²) in [5, 5.41) is 13.5. The summed E-state index contributed by atoms with van der Waals surface area (Å²) >= 11 is 0. The van der Waals surface area contributed by atoms with Gasteiger partial charge in [-0.1, -0.05) is 51.3 Å². The van der Waals surface area contributed by atoms with Crippen LogP contribution in [0, 0.1) is 0 Å². The van der Waals surface area contributed by atoms with Crippen molar-refractivity contribution in [3.8, 4) is 5.75 Å². The molecule has 0 radical (unpaired) electrons. The van der Waals surface area contributed by atoms with Crippen LogP contribution in [0.2, 0.25) is 0 Å². The molecule has 2 N–H and O–H groups in total. The van der Waals surface area contributed by atoms with Crippen LogP contribution in [0.1, 0.15) is 64.5 Å². The van der Waals surface area contributed by atoms with Gasteiger partial charge >= 0.3 is 0 Å². The third-order valence-corrected chi connectivity index (χ3v) is 3.45. The molecule has 2 unspecified atom stereocenters. The zero-order chi connectivity index (χ0) is 13.4. The van der Waals surface area contributed by atoms with E-state index in [-0.39, 0.29) is 6.04 Å². The minimum Gasteiger partial charge on any atom is -0.508 e. The lowest BCUT2D eigenvalue weighted by Crippen LogP contribution is -2.30. The fourth-order valence-electron chi connectivity index (χ4n) is 2.34. The maximum Gasteiger partial charge on any atom is 0.120 e. The number of hydrogen-bond donors (Lipinski definition) is 2. The molecule has 0 aromatic heterocycles. The summed E-state index contributed by atoms with van der Waals surface area (Å²) in [4.78, 5) is 0. The first-order valence-electron chi connectivity index (χ1n) is 7.23. The second-order valence-electron chi connectivity index (χ2n) is 5.08. The van der Waals surface area contributed by atoms with Crippen LogP contribution in [-0.2, 0) is 0 Å². The highest BCUT2D eigenvalue weighted by Gasteiger charge is 2.14. The van der Waals surface area contributed by atoms with Crippen molar-refractivity contribution in [1.82, 2.24) is 5.32 Å². The Balaban J connectivity index is 2.54. The summed E-state index contributed by atoms with van der Waals surface area (Å²) in [6.45, 7) is 6.62. The van der Waals surface area contributed by atoms with Crippen LogP contribution in [0.15, 0.2) is 24.3 Å². The molecule has 0 saturated carbocycles. The Bertz CT molecular complexity index is 338. The molecular formula is C16H27NO. The topological polar surface area (TPSA) is 32.3 Å². The van der Waals surface area contributed by atoms with E-state index in [1.54, 1.807) is 6.07 Å². The summed E-state index contributed by atoms with van der Waals surface area (Å²) in [6.07, 6.45) is 6.05. The van der Waals surface area contributed by atoms with Crippen LogP contribution in [-0.4, -0.2) is 11.1 Å². The number of nitrogens with one attached hydrogen (secondary N) is 1. The smallest absolute Gasteiger partial charge is 0.120 e. The second kappa shape index (κ2) is 8.15. The van der Waals surface area contributed by atoms with Crippen LogP contribution in [0.4, 0.5) is 0 Å². The molecule has 0 amide bonds. The molecule has 102 valence electrons. The van der Waals surface area contributed by atoms with Crippen molar-refractivity contribution in [3.63, 3.8) is 0 Å². The van der Waals surface area contributed by atoms with Gasteiger partial charge in [-0.25, -0.2) is 0 Å². The van der Waals surface area contributed by atoms with Gasteiger partial charge in [-0.3, -0.25) is 0 Å². The fourth-order valence-corrected chi connectivity index (χ4v) is 2.34. The molecule has 0 spiro atoms. The standard InChI is InChI=1S/C16H27NO/c1-4-6-7-10-13(3)17-15(5-2)14-11-8-9-12-16(14)18/h8-9,11-13,15,17-18H,4-7,10H2,1-3H3. The molecule has 0 fully saturated rings. The first kappa shape index (κ1) is 15.0. The van der Waals surface area contributed by atoms with Crippen molar-refractivity contribution < 1.29 is 5.11 Å². The van der Waals surface area contributed by atoms with E-state index in [4.69, 9.17) is 0 Å². The van der Waals surface area contributed by atoms with Crippen molar-refractivity contribution >= 4 is 0 Å². The quantitative estimate of drug-likeness (QED) is 0.669. The molecule has 0 bridgehead atoms. The Kier molecular flexibility index (Phi) is 6.81. The second-order valence-corrected chi connectivity index (χ2v) is 5.08. The van der Waals surface area contributed by atoms with E-state index >= 15 is 0 Å². The predicted octanol–water partition coefficient (Wildman–Crippen LogP) is 4.40. The summed E-state index contributed by atoms with van der Waals surface area (Å²) in [7, 11) is 0. The van der Waals surface area contributed by atoms with Crippen LogP contribution >= 0.6 is 0 Å². The number of benzene rings is 1. The van der Waals surface area contributed by atoms with E-state index in [2.05, 4.69) is 26.1 Å². The number of para-hydroxylation sites is 1. The predicted molar refractivity (Wildman–Crippen MR) is 77.9 cm³/mol. The maximum absolute atomic E-state index is 9.90. The highest BCUT2D eigenvalue weighted by Crippen LogP contribution is 2.26. The Morgan fingerprint density at radius 2 is 1.89 bits per heavy atom. The number of phenolic OH excluding ortho intramolecular Hbond substituents is 1. The molecule has 0 saturated heterocycles. The average Bonchev–Trinajstić information content (AvgIpc) is 2.37. The summed E-state index contributed by atoms with van der Waals surface area (Å²) in [5.41, 5.74) is 1.02. The minimum absolute atomic E-state index is 0.253. The highest BCUT2D eigenvalue weighted by atomic mass is 16.3. The molecule has 1 aromatic rings. The lowest BCUT2D eigenvalue weighted by molar-refractivity contribution is 0.396. The van der Waals surface area contributed by atoms with E-state index in [1.807, 2.05) is 18.2 Å². The van der Waals surface area contributed by atoms with Crippen molar-refractivity contribution in [1.29, 1.82) is 0 Å². The van der Waals surface area contributed by atoms with E-state index in [9.17, 15) is 5.11 Å². The summed E-state index contributed by atoms with van der Waals surface area (Å²) < 4.78 is 0. The summed E-state index contributed by atoms with van der Waals surface area (Å²) in [6, 6.07) is 8.39. The van der Waals surface area contributed by atoms with Crippen molar-refractivity contribution in [2.45, 2.75) is 65.0 Å². The molecule has 18 heavy (non-hydrogen) atoms. The third-order valence-electron chi connectivity index (χ3n) is 3.45. The Labute approximate surface area is 111 Å². The maximum atomic E-state index is 9.90. The van der Waals surface area contributed by atoms with Crippen LogP contribution in [0.3, 0.4) is 0 Å². The van der Waals surface area contributed by atoms with E-state index < -0.39 is 0 Å². The van der Waals surface area contributed by atoms with Crippen LogP contribution in [0.5, 0.6) is 5.75 Å². The van der Waals surface area contributed by atoms with Gasteiger partial charge in [0, 0.05) is 17.6 Å². The third kappa shape index (κ3) is 4.69. The molecule has 2 heteroatoms. The average molecular weight is 249 g/mol. The lowest BCUT2D eigenvalue weighted by Gasteiger charge is -2.23. The normalized spacial score (nSPS) is 14.4. The molecule has 2 nitrogen and oxygen atoms in total. The van der Waals surface area contributed by atoms with Gasteiger partial charge in [-0.05, 0) is 25.8 Å².